The van der Waals surface area contributed by atoms with Crippen LogP contribution >= 0.6 is 23.2 Å². The Balaban J connectivity index is 2.28. The molecule has 1 N–H and O–H groups in total. The van der Waals surface area contributed by atoms with E-state index in [1.54, 1.807) is 18.2 Å². The number of hydrogen-bond donors (Lipinski definition) is 1. The Labute approximate surface area is 135 Å². The maximum absolute atomic E-state index is 11.6. The lowest BCUT2D eigenvalue weighted by Gasteiger charge is -2.08. The van der Waals surface area contributed by atoms with E-state index in [2.05, 4.69) is 10.5 Å². The van der Waals surface area contributed by atoms with Gasteiger partial charge in [-0.25, -0.2) is 5.43 Å². The predicted octanol–water partition coefficient (Wildman–Crippen LogP) is 4.30. The zero-order valence-electron chi connectivity index (χ0n) is 12.5. The molecule has 1 aromatic rings. The zero-order chi connectivity index (χ0) is 15.8. The van der Waals surface area contributed by atoms with Crippen LogP contribution in [-0.4, -0.2) is 18.2 Å². The number of hydrogen-bond acceptors (Lipinski definition) is 3. The van der Waals surface area contributed by atoms with Crippen molar-refractivity contribution in [3.05, 3.63) is 28.2 Å². The van der Waals surface area contributed by atoms with Gasteiger partial charge in [0.25, 0.3) is 0 Å². The third-order valence-electron chi connectivity index (χ3n) is 2.89. The van der Waals surface area contributed by atoms with Crippen LogP contribution in [0.1, 0.15) is 33.6 Å². The van der Waals surface area contributed by atoms with Crippen LogP contribution in [-0.2, 0) is 4.79 Å². The molecule has 116 valence electrons. The Morgan fingerprint density at radius 1 is 1.38 bits per heavy atom. The van der Waals surface area contributed by atoms with Gasteiger partial charge >= 0.3 is 0 Å². The second kappa shape index (κ2) is 8.90. The summed E-state index contributed by atoms with van der Waals surface area (Å²) in [4.78, 5) is 11.6. The highest BCUT2D eigenvalue weighted by molar-refractivity contribution is 6.35. The third-order valence-corrected chi connectivity index (χ3v) is 3.42. The maximum Gasteiger partial charge on any atom is 0.240 e. The monoisotopic (exact) mass is 330 g/mol. The maximum atomic E-state index is 11.6. The van der Waals surface area contributed by atoms with Crippen LogP contribution in [0, 0.1) is 5.92 Å². The van der Waals surface area contributed by atoms with Gasteiger partial charge in [0, 0.05) is 17.2 Å². The first-order valence-corrected chi connectivity index (χ1v) is 7.56. The molecule has 0 aliphatic rings. The largest absolute Gasteiger partial charge is 0.492 e. The number of hydrazone groups is 1. The Morgan fingerprint density at radius 3 is 2.71 bits per heavy atom. The standard InChI is InChI=1S/C15H20Cl2N2O2/c1-10(2)11(3)18-19-15(20)5-4-8-21-14-7-6-12(16)9-13(14)17/h6-7,9-10H,4-5,8H2,1-3H3,(H,19,20). The number of carbonyl (C=O) groups excluding carboxylic acids is 1. The number of amides is 1. The van der Waals surface area contributed by atoms with Crippen LogP contribution in [0.4, 0.5) is 0 Å². The van der Waals surface area contributed by atoms with E-state index in [9.17, 15) is 4.79 Å². The van der Waals surface area contributed by atoms with Gasteiger partial charge in [-0.05, 0) is 37.5 Å². The normalized spacial score (nSPS) is 11.6. The molecule has 0 bridgehead atoms. The predicted molar refractivity (Wildman–Crippen MR) is 87.3 cm³/mol. The van der Waals surface area contributed by atoms with Crippen molar-refractivity contribution < 1.29 is 9.53 Å². The highest BCUT2D eigenvalue weighted by Gasteiger charge is 2.04. The van der Waals surface area contributed by atoms with Crippen molar-refractivity contribution in [2.24, 2.45) is 11.0 Å². The second-order valence-electron chi connectivity index (χ2n) is 4.97. The molecule has 21 heavy (non-hydrogen) atoms. The fourth-order valence-corrected chi connectivity index (χ4v) is 1.81. The summed E-state index contributed by atoms with van der Waals surface area (Å²) in [6.07, 6.45) is 0.932. The van der Waals surface area contributed by atoms with Crippen molar-refractivity contribution in [1.29, 1.82) is 0 Å². The number of halogens is 2. The van der Waals surface area contributed by atoms with E-state index in [4.69, 9.17) is 27.9 Å². The summed E-state index contributed by atoms with van der Waals surface area (Å²) in [5.41, 5.74) is 3.43. The molecule has 0 fully saturated rings. The minimum atomic E-state index is -0.124. The van der Waals surface area contributed by atoms with Gasteiger partial charge in [0.1, 0.15) is 5.75 Å². The van der Waals surface area contributed by atoms with Gasteiger partial charge in [-0.2, -0.15) is 5.10 Å². The SMILES string of the molecule is CC(=NNC(=O)CCCOc1ccc(Cl)cc1Cl)C(C)C. The number of carbonyl (C=O) groups is 1. The summed E-state index contributed by atoms with van der Waals surface area (Å²) in [5.74, 6) is 0.761. The summed E-state index contributed by atoms with van der Waals surface area (Å²) in [6.45, 7) is 6.33. The highest BCUT2D eigenvalue weighted by atomic mass is 35.5. The molecule has 1 amide bonds. The van der Waals surface area contributed by atoms with Crippen LogP contribution in [0.5, 0.6) is 5.75 Å². The summed E-state index contributed by atoms with van der Waals surface area (Å²) < 4.78 is 5.50. The highest BCUT2D eigenvalue weighted by Crippen LogP contribution is 2.27. The molecule has 6 heteroatoms. The molecule has 0 saturated carbocycles. The lowest BCUT2D eigenvalue weighted by Crippen LogP contribution is -2.20. The Kier molecular flexibility index (Phi) is 7.54. The molecule has 0 radical (unpaired) electrons. The van der Waals surface area contributed by atoms with E-state index in [-0.39, 0.29) is 5.91 Å². The molecule has 0 saturated heterocycles. The molecule has 0 aliphatic heterocycles. The molecule has 1 aromatic carbocycles. The molecule has 4 nitrogen and oxygen atoms in total. The average molecular weight is 331 g/mol. The number of nitrogens with one attached hydrogen (secondary N) is 1. The molecule has 0 spiro atoms. The molecular formula is C15H20Cl2N2O2. The molecule has 0 unspecified atom stereocenters. The van der Waals surface area contributed by atoms with Crippen LogP contribution < -0.4 is 10.2 Å². The zero-order valence-corrected chi connectivity index (χ0v) is 14.0. The first-order valence-electron chi connectivity index (χ1n) is 6.81. The van der Waals surface area contributed by atoms with Gasteiger partial charge in [-0.15, -0.1) is 0 Å². The lowest BCUT2D eigenvalue weighted by molar-refractivity contribution is -0.121. The van der Waals surface area contributed by atoms with E-state index in [1.165, 1.54) is 0 Å². The van der Waals surface area contributed by atoms with E-state index in [0.29, 0.717) is 41.2 Å². The van der Waals surface area contributed by atoms with Gasteiger partial charge in [-0.3, -0.25) is 4.79 Å². The summed E-state index contributed by atoms with van der Waals surface area (Å²) in [5, 5.41) is 5.05. The first kappa shape index (κ1) is 17.8. The van der Waals surface area contributed by atoms with E-state index >= 15 is 0 Å². The lowest BCUT2D eigenvalue weighted by atomic mass is 10.1. The molecule has 1 rings (SSSR count). The summed E-state index contributed by atoms with van der Waals surface area (Å²) in [7, 11) is 0. The van der Waals surface area contributed by atoms with Crippen molar-refractivity contribution in [2.45, 2.75) is 33.6 Å². The average Bonchev–Trinajstić information content (AvgIpc) is 2.42. The van der Waals surface area contributed by atoms with Crippen molar-refractivity contribution in [1.82, 2.24) is 5.43 Å². The van der Waals surface area contributed by atoms with E-state index in [0.717, 1.165) is 5.71 Å². The Bertz CT molecular complexity index is 516. The number of rotatable bonds is 7. The Morgan fingerprint density at radius 2 is 2.10 bits per heavy atom. The van der Waals surface area contributed by atoms with Gasteiger partial charge in [-0.1, -0.05) is 37.0 Å². The van der Waals surface area contributed by atoms with Crippen LogP contribution in [0.15, 0.2) is 23.3 Å². The number of benzene rings is 1. The van der Waals surface area contributed by atoms with Crippen LogP contribution in [0.3, 0.4) is 0 Å². The first-order chi connectivity index (χ1) is 9.90. The van der Waals surface area contributed by atoms with Gasteiger partial charge < -0.3 is 4.74 Å². The topological polar surface area (TPSA) is 50.7 Å². The third kappa shape index (κ3) is 6.82. The fourth-order valence-electron chi connectivity index (χ4n) is 1.34. The molecular weight excluding hydrogens is 311 g/mol. The molecule has 0 aliphatic carbocycles. The van der Waals surface area contributed by atoms with E-state index in [1.807, 2.05) is 20.8 Å². The molecule has 0 atom stereocenters. The van der Waals surface area contributed by atoms with Crippen molar-refractivity contribution in [3.63, 3.8) is 0 Å². The smallest absolute Gasteiger partial charge is 0.240 e. The Hall–Kier alpha value is -1.26. The fraction of sp³-hybridized carbons (Fsp3) is 0.467. The number of nitrogens with zero attached hydrogens (tertiary/aromatic N) is 1. The van der Waals surface area contributed by atoms with Crippen molar-refractivity contribution in [3.8, 4) is 5.75 Å². The molecule has 0 aromatic heterocycles. The van der Waals surface area contributed by atoms with Gasteiger partial charge in [0.15, 0.2) is 0 Å². The number of ether oxygens (including phenoxy) is 1. The van der Waals surface area contributed by atoms with Gasteiger partial charge in [0.05, 0.1) is 11.6 Å². The van der Waals surface area contributed by atoms with Crippen LogP contribution in [0.2, 0.25) is 10.0 Å². The quantitative estimate of drug-likeness (QED) is 0.460. The summed E-state index contributed by atoms with van der Waals surface area (Å²) in [6, 6.07) is 5.04. The minimum Gasteiger partial charge on any atom is -0.492 e. The van der Waals surface area contributed by atoms with Gasteiger partial charge in [0.2, 0.25) is 5.91 Å². The van der Waals surface area contributed by atoms with Crippen molar-refractivity contribution >= 4 is 34.8 Å². The van der Waals surface area contributed by atoms with E-state index < -0.39 is 0 Å². The second-order valence-corrected chi connectivity index (χ2v) is 5.81. The minimum absolute atomic E-state index is 0.124. The van der Waals surface area contributed by atoms with Crippen LogP contribution in [0.25, 0.3) is 0 Å². The van der Waals surface area contributed by atoms with Crippen molar-refractivity contribution in [2.75, 3.05) is 6.61 Å². The molecule has 0 heterocycles. The summed E-state index contributed by atoms with van der Waals surface area (Å²) >= 11 is 11.8.